The predicted molar refractivity (Wildman–Crippen MR) is 72.7 cm³/mol. The molecule has 0 fully saturated rings. The van der Waals surface area contributed by atoms with Gasteiger partial charge in [0.15, 0.2) is 0 Å². The van der Waals surface area contributed by atoms with Crippen LogP contribution in [0.25, 0.3) is 0 Å². The largest absolute Gasteiger partial charge is 0.377 e. The first-order valence-corrected chi connectivity index (χ1v) is 8.49. The van der Waals surface area contributed by atoms with Crippen molar-refractivity contribution in [1.29, 1.82) is 0 Å². The monoisotopic (exact) mass is 340 g/mol. The highest BCUT2D eigenvalue weighted by molar-refractivity contribution is 9.10. The van der Waals surface area contributed by atoms with E-state index in [0.29, 0.717) is 26.1 Å². The minimum atomic E-state index is -3.36. The molecule has 0 aliphatic carbocycles. The van der Waals surface area contributed by atoms with Gasteiger partial charge in [0.2, 0.25) is 9.05 Å². The van der Waals surface area contributed by atoms with Gasteiger partial charge in [-0.15, -0.1) is 0 Å². The molecule has 0 aliphatic rings. The first-order chi connectivity index (χ1) is 7.97. The second-order valence-corrected chi connectivity index (χ2v) is 7.44. The third-order valence-corrected chi connectivity index (χ3v) is 3.88. The fourth-order valence-corrected chi connectivity index (χ4v) is 2.39. The van der Waals surface area contributed by atoms with Gasteiger partial charge in [0.1, 0.15) is 0 Å². The molecule has 0 atom stereocenters. The standard InChI is InChI=1S/C11H14BrClO3S/c12-11-5-3-10(4-6-11)9-16-7-1-2-8-17(13,14)15/h3-6H,1-2,7-9H2. The van der Waals surface area contributed by atoms with E-state index in [9.17, 15) is 8.42 Å². The van der Waals surface area contributed by atoms with Crippen LogP contribution in [-0.2, 0) is 20.4 Å². The predicted octanol–water partition coefficient (Wildman–Crippen LogP) is 3.31. The average Bonchev–Trinajstić information content (AvgIpc) is 2.24. The first-order valence-electron chi connectivity index (χ1n) is 5.22. The second kappa shape index (κ2) is 7.36. The Balaban J connectivity index is 2.10. The van der Waals surface area contributed by atoms with Crippen molar-refractivity contribution in [3.05, 3.63) is 34.3 Å². The van der Waals surface area contributed by atoms with Crippen LogP contribution in [-0.4, -0.2) is 20.8 Å². The normalized spacial score (nSPS) is 11.6. The van der Waals surface area contributed by atoms with E-state index in [0.717, 1.165) is 10.0 Å². The van der Waals surface area contributed by atoms with Crippen molar-refractivity contribution in [3.63, 3.8) is 0 Å². The lowest BCUT2D eigenvalue weighted by Crippen LogP contribution is -2.00. The van der Waals surface area contributed by atoms with Crippen molar-refractivity contribution < 1.29 is 13.2 Å². The maximum absolute atomic E-state index is 10.6. The molecule has 0 saturated heterocycles. The van der Waals surface area contributed by atoms with Gasteiger partial charge in [-0.05, 0) is 30.5 Å². The highest BCUT2D eigenvalue weighted by Crippen LogP contribution is 2.11. The molecule has 0 N–H and O–H groups in total. The van der Waals surface area contributed by atoms with E-state index in [1.54, 1.807) is 0 Å². The molecular weight excluding hydrogens is 328 g/mol. The Labute approximate surface area is 115 Å². The Morgan fingerprint density at radius 2 is 1.82 bits per heavy atom. The number of halogens is 2. The molecular formula is C11H14BrClO3S. The van der Waals surface area contributed by atoms with Gasteiger partial charge in [-0.25, -0.2) is 8.42 Å². The quantitative estimate of drug-likeness (QED) is 0.564. The number of rotatable bonds is 7. The van der Waals surface area contributed by atoms with Crippen LogP contribution in [0.1, 0.15) is 18.4 Å². The van der Waals surface area contributed by atoms with Crippen LogP contribution in [0, 0.1) is 0 Å². The Kier molecular flexibility index (Phi) is 6.48. The molecule has 0 amide bonds. The smallest absolute Gasteiger partial charge is 0.232 e. The van der Waals surface area contributed by atoms with Gasteiger partial charge < -0.3 is 4.74 Å². The molecule has 1 aromatic rings. The van der Waals surface area contributed by atoms with E-state index < -0.39 is 9.05 Å². The van der Waals surface area contributed by atoms with Crippen molar-refractivity contribution in [2.24, 2.45) is 0 Å². The third kappa shape index (κ3) is 7.76. The van der Waals surface area contributed by atoms with E-state index in [1.165, 1.54) is 0 Å². The fourth-order valence-electron chi connectivity index (χ4n) is 1.25. The second-order valence-electron chi connectivity index (χ2n) is 3.63. The fraction of sp³-hybridized carbons (Fsp3) is 0.455. The summed E-state index contributed by atoms with van der Waals surface area (Å²) in [4.78, 5) is 0. The number of ether oxygens (including phenoxy) is 1. The minimum absolute atomic E-state index is 0.0101. The highest BCUT2D eigenvalue weighted by atomic mass is 79.9. The molecule has 0 aromatic heterocycles. The van der Waals surface area contributed by atoms with Crippen LogP contribution in [0.2, 0.25) is 0 Å². The van der Waals surface area contributed by atoms with Crippen LogP contribution in [0.15, 0.2) is 28.7 Å². The molecule has 6 heteroatoms. The van der Waals surface area contributed by atoms with Gasteiger partial charge in [-0.2, -0.15) is 0 Å². The number of hydrogen-bond donors (Lipinski definition) is 0. The van der Waals surface area contributed by atoms with Gasteiger partial charge in [-0.1, -0.05) is 28.1 Å². The van der Waals surface area contributed by atoms with Crippen molar-refractivity contribution >= 4 is 35.7 Å². The lowest BCUT2D eigenvalue weighted by Gasteiger charge is -2.04. The van der Waals surface area contributed by atoms with Crippen LogP contribution < -0.4 is 0 Å². The Morgan fingerprint density at radius 1 is 1.18 bits per heavy atom. The van der Waals surface area contributed by atoms with Crippen molar-refractivity contribution in [3.8, 4) is 0 Å². The summed E-state index contributed by atoms with van der Waals surface area (Å²) in [5.74, 6) is 0.0101. The number of hydrogen-bond acceptors (Lipinski definition) is 3. The molecule has 17 heavy (non-hydrogen) atoms. The molecule has 0 bridgehead atoms. The summed E-state index contributed by atoms with van der Waals surface area (Å²) in [6.07, 6.45) is 1.23. The molecule has 0 unspecified atom stereocenters. The van der Waals surface area contributed by atoms with Crippen LogP contribution in [0.5, 0.6) is 0 Å². The van der Waals surface area contributed by atoms with Crippen molar-refractivity contribution in [2.45, 2.75) is 19.4 Å². The summed E-state index contributed by atoms with van der Waals surface area (Å²) in [6.45, 7) is 1.09. The Morgan fingerprint density at radius 3 is 2.41 bits per heavy atom. The average molecular weight is 342 g/mol. The summed E-state index contributed by atoms with van der Waals surface area (Å²) in [5, 5.41) is 0. The van der Waals surface area contributed by atoms with Gasteiger partial charge in [0, 0.05) is 21.8 Å². The van der Waals surface area contributed by atoms with E-state index in [2.05, 4.69) is 15.9 Å². The summed E-state index contributed by atoms with van der Waals surface area (Å²) in [5.41, 5.74) is 1.10. The van der Waals surface area contributed by atoms with Gasteiger partial charge in [-0.3, -0.25) is 0 Å². The number of unbranched alkanes of at least 4 members (excludes halogenated alkanes) is 1. The van der Waals surface area contributed by atoms with E-state index in [-0.39, 0.29) is 5.75 Å². The van der Waals surface area contributed by atoms with Gasteiger partial charge >= 0.3 is 0 Å². The maximum atomic E-state index is 10.6. The molecule has 1 rings (SSSR count). The molecule has 3 nitrogen and oxygen atoms in total. The number of benzene rings is 1. The summed E-state index contributed by atoms with van der Waals surface area (Å²) >= 11 is 3.36. The van der Waals surface area contributed by atoms with Gasteiger partial charge in [0.05, 0.1) is 12.4 Å². The maximum Gasteiger partial charge on any atom is 0.232 e. The summed E-state index contributed by atoms with van der Waals surface area (Å²) in [6, 6.07) is 7.87. The Hall–Kier alpha value is -0.100. The highest BCUT2D eigenvalue weighted by Gasteiger charge is 2.03. The lowest BCUT2D eigenvalue weighted by atomic mass is 10.2. The SMILES string of the molecule is O=S(=O)(Cl)CCCCOCc1ccc(Br)cc1. The van der Waals surface area contributed by atoms with E-state index in [4.69, 9.17) is 15.4 Å². The summed E-state index contributed by atoms with van der Waals surface area (Å²) < 4.78 is 27.7. The minimum Gasteiger partial charge on any atom is -0.377 e. The van der Waals surface area contributed by atoms with Crippen LogP contribution >= 0.6 is 26.6 Å². The van der Waals surface area contributed by atoms with Crippen LogP contribution in [0.4, 0.5) is 0 Å². The van der Waals surface area contributed by atoms with Crippen LogP contribution in [0.3, 0.4) is 0 Å². The van der Waals surface area contributed by atoms with Crippen molar-refractivity contribution in [1.82, 2.24) is 0 Å². The summed E-state index contributed by atoms with van der Waals surface area (Å²) in [7, 11) is 1.73. The first kappa shape index (κ1) is 15.0. The topological polar surface area (TPSA) is 43.4 Å². The molecule has 0 radical (unpaired) electrons. The Bertz CT molecular complexity index is 431. The zero-order valence-corrected chi connectivity index (χ0v) is 12.4. The zero-order valence-electron chi connectivity index (χ0n) is 9.23. The molecule has 0 heterocycles. The molecule has 96 valence electrons. The molecule has 0 saturated carbocycles. The molecule has 0 spiro atoms. The zero-order chi connectivity index (χ0) is 12.7. The van der Waals surface area contributed by atoms with E-state index in [1.807, 2.05) is 24.3 Å². The van der Waals surface area contributed by atoms with E-state index >= 15 is 0 Å². The third-order valence-electron chi connectivity index (χ3n) is 2.11. The molecule has 1 aromatic carbocycles. The molecule has 0 aliphatic heterocycles. The van der Waals surface area contributed by atoms with Crippen molar-refractivity contribution in [2.75, 3.05) is 12.4 Å². The van der Waals surface area contributed by atoms with Gasteiger partial charge in [0.25, 0.3) is 0 Å². The lowest BCUT2D eigenvalue weighted by molar-refractivity contribution is 0.118.